The van der Waals surface area contributed by atoms with Crippen LogP contribution in [0.5, 0.6) is 0 Å². The van der Waals surface area contributed by atoms with Crippen LogP contribution in [0.2, 0.25) is 0 Å². The lowest BCUT2D eigenvalue weighted by Crippen LogP contribution is -2.42. The van der Waals surface area contributed by atoms with Gasteiger partial charge in [-0.1, -0.05) is 12.8 Å². The minimum absolute atomic E-state index is 0.0480. The Labute approximate surface area is 167 Å². The average Bonchev–Trinajstić information content (AvgIpc) is 3.40. The molecule has 1 aromatic heterocycles. The number of amides is 1. The van der Waals surface area contributed by atoms with Gasteiger partial charge in [-0.2, -0.15) is 0 Å². The Hall–Kier alpha value is -1.70. The van der Waals surface area contributed by atoms with Crippen LogP contribution < -0.4 is 4.90 Å². The first kappa shape index (κ1) is 19.6. The molecule has 3 aliphatic rings. The van der Waals surface area contributed by atoms with Crippen LogP contribution in [0, 0.1) is 5.92 Å². The SMILES string of the molecule is CS(=O)(=O)c1cnc(N2CCCC2)nc1C1CCCN(C(=O)C2CCCC2)C1. The standard InChI is InChI=1S/C20H30N4O3S/c1-28(26,27)17-13-21-20(23-10-4-5-11-23)22-18(17)16-9-6-12-24(14-16)19(25)15-7-2-3-8-15/h13,15-16H,2-12,14H2,1H3. The summed E-state index contributed by atoms with van der Waals surface area (Å²) in [5.74, 6) is 0.975. The number of sulfone groups is 1. The normalized spacial score (nSPS) is 24.1. The van der Waals surface area contributed by atoms with E-state index in [2.05, 4.69) is 9.88 Å². The summed E-state index contributed by atoms with van der Waals surface area (Å²) in [6.07, 6.45) is 10.9. The van der Waals surface area contributed by atoms with Gasteiger partial charge in [-0.25, -0.2) is 18.4 Å². The molecular weight excluding hydrogens is 376 g/mol. The highest BCUT2D eigenvalue weighted by Gasteiger charge is 2.34. The molecule has 1 aromatic rings. The van der Waals surface area contributed by atoms with Crippen molar-refractivity contribution >= 4 is 21.7 Å². The van der Waals surface area contributed by atoms with Gasteiger partial charge >= 0.3 is 0 Å². The molecule has 0 radical (unpaired) electrons. The first-order chi connectivity index (χ1) is 13.4. The molecule has 0 bridgehead atoms. The van der Waals surface area contributed by atoms with Crippen molar-refractivity contribution in [2.24, 2.45) is 5.92 Å². The molecule has 7 nitrogen and oxygen atoms in total. The molecular formula is C20H30N4O3S. The van der Waals surface area contributed by atoms with Gasteiger partial charge in [0.25, 0.3) is 0 Å². The Kier molecular flexibility index (Phi) is 5.58. The van der Waals surface area contributed by atoms with Gasteiger partial charge < -0.3 is 9.80 Å². The Bertz CT molecular complexity index is 830. The van der Waals surface area contributed by atoms with Crippen molar-refractivity contribution in [1.29, 1.82) is 0 Å². The zero-order valence-corrected chi connectivity index (χ0v) is 17.5. The zero-order valence-electron chi connectivity index (χ0n) is 16.6. The zero-order chi connectivity index (χ0) is 19.7. The van der Waals surface area contributed by atoms with Gasteiger partial charge in [0.15, 0.2) is 9.84 Å². The van der Waals surface area contributed by atoms with Crippen LogP contribution in [-0.4, -0.2) is 61.6 Å². The van der Waals surface area contributed by atoms with Gasteiger partial charge in [-0.15, -0.1) is 0 Å². The van der Waals surface area contributed by atoms with Gasteiger partial charge in [0, 0.05) is 44.3 Å². The molecule has 3 fully saturated rings. The van der Waals surface area contributed by atoms with Gasteiger partial charge in [0.1, 0.15) is 4.90 Å². The number of carbonyl (C=O) groups is 1. The van der Waals surface area contributed by atoms with E-state index in [-0.39, 0.29) is 22.6 Å². The number of nitrogens with zero attached hydrogens (tertiary/aromatic N) is 4. The van der Waals surface area contributed by atoms with E-state index in [4.69, 9.17) is 4.98 Å². The summed E-state index contributed by atoms with van der Waals surface area (Å²) in [6.45, 7) is 3.15. The van der Waals surface area contributed by atoms with Crippen molar-refractivity contribution in [3.05, 3.63) is 11.9 Å². The molecule has 2 aliphatic heterocycles. The topological polar surface area (TPSA) is 83.5 Å². The maximum Gasteiger partial charge on any atom is 0.225 e. The number of carbonyl (C=O) groups excluding carboxylic acids is 1. The Balaban J connectivity index is 1.61. The third kappa shape index (κ3) is 4.02. The lowest BCUT2D eigenvalue weighted by atomic mass is 9.93. The number of rotatable bonds is 4. The van der Waals surface area contributed by atoms with E-state index in [0.29, 0.717) is 18.2 Å². The van der Waals surface area contributed by atoms with Gasteiger partial charge in [-0.05, 0) is 38.5 Å². The lowest BCUT2D eigenvalue weighted by molar-refractivity contribution is -0.136. The minimum Gasteiger partial charge on any atom is -0.342 e. The van der Waals surface area contributed by atoms with E-state index in [0.717, 1.165) is 71.0 Å². The van der Waals surface area contributed by atoms with Crippen LogP contribution in [0.1, 0.15) is 63.0 Å². The summed E-state index contributed by atoms with van der Waals surface area (Å²) < 4.78 is 24.8. The molecule has 0 aromatic carbocycles. The first-order valence-corrected chi connectivity index (χ1v) is 12.4. The predicted octanol–water partition coefficient (Wildman–Crippen LogP) is 2.38. The molecule has 3 heterocycles. The molecule has 28 heavy (non-hydrogen) atoms. The maximum absolute atomic E-state index is 12.9. The number of likely N-dealkylation sites (tertiary alicyclic amines) is 1. The largest absolute Gasteiger partial charge is 0.342 e. The molecule has 1 saturated carbocycles. The highest BCUT2D eigenvalue weighted by Crippen LogP contribution is 2.34. The van der Waals surface area contributed by atoms with Gasteiger partial charge in [0.2, 0.25) is 11.9 Å². The van der Waals surface area contributed by atoms with Gasteiger partial charge in [-0.3, -0.25) is 4.79 Å². The predicted molar refractivity (Wildman–Crippen MR) is 107 cm³/mol. The number of aromatic nitrogens is 2. The molecule has 154 valence electrons. The fraction of sp³-hybridized carbons (Fsp3) is 0.750. The smallest absolute Gasteiger partial charge is 0.225 e. The second kappa shape index (κ2) is 7.97. The third-order valence-electron chi connectivity index (χ3n) is 6.38. The van der Waals surface area contributed by atoms with Crippen molar-refractivity contribution < 1.29 is 13.2 Å². The van der Waals surface area contributed by atoms with Crippen molar-refractivity contribution in [3.8, 4) is 0 Å². The molecule has 0 spiro atoms. The van der Waals surface area contributed by atoms with Gasteiger partial charge in [0.05, 0.1) is 11.9 Å². The summed E-state index contributed by atoms with van der Waals surface area (Å²) >= 11 is 0. The van der Waals surface area contributed by atoms with Crippen LogP contribution in [0.15, 0.2) is 11.1 Å². The van der Waals surface area contributed by atoms with Crippen molar-refractivity contribution in [3.63, 3.8) is 0 Å². The Morgan fingerprint density at radius 2 is 1.75 bits per heavy atom. The Morgan fingerprint density at radius 1 is 1.04 bits per heavy atom. The summed E-state index contributed by atoms with van der Waals surface area (Å²) in [5.41, 5.74) is 0.600. The second-order valence-electron chi connectivity index (χ2n) is 8.49. The highest BCUT2D eigenvalue weighted by atomic mass is 32.2. The molecule has 4 rings (SSSR count). The third-order valence-corrected chi connectivity index (χ3v) is 7.50. The average molecular weight is 407 g/mol. The summed E-state index contributed by atoms with van der Waals surface area (Å²) in [5, 5.41) is 0. The fourth-order valence-corrected chi connectivity index (χ4v) is 5.69. The maximum atomic E-state index is 12.9. The van der Waals surface area contributed by atoms with E-state index in [1.807, 2.05) is 4.90 Å². The van der Waals surface area contributed by atoms with Crippen LogP contribution in [0.4, 0.5) is 5.95 Å². The number of anilines is 1. The fourth-order valence-electron chi connectivity index (χ4n) is 4.85. The second-order valence-corrected chi connectivity index (χ2v) is 10.5. The summed E-state index contributed by atoms with van der Waals surface area (Å²) in [4.78, 5) is 26.3. The molecule has 1 unspecified atom stereocenters. The van der Waals surface area contributed by atoms with E-state index in [1.54, 1.807) is 0 Å². The quantitative estimate of drug-likeness (QED) is 0.763. The van der Waals surface area contributed by atoms with E-state index < -0.39 is 9.84 Å². The molecule has 2 saturated heterocycles. The van der Waals surface area contributed by atoms with E-state index >= 15 is 0 Å². The van der Waals surface area contributed by atoms with Crippen LogP contribution >= 0.6 is 0 Å². The van der Waals surface area contributed by atoms with E-state index in [9.17, 15) is 13.2 Å². The van der Waals surface area contributed by atoms with Crippen molar-refractivity contribution in [1.82, 2.24) is 14.9 Å². The molecule has 1 atom stereocenters. The highest BCUT2D eigenvalue weighted by molar-refractivity contribution is 7.90. The summed E-state index contributed by atoms with van der Waals surface area (Å²) in [6, 6.07) is 0. The van der Waals surface area contributed by atoms with Crippen molar-refractivity contribution in [2.75, 3.05) is 37.3 Å². The first-order valence-electron chi connectivity index (χ1n) is 10.5. The lowest BCUT2D eigenvalue weighted by Gasteiger charge is -2.34. The van der Waals surface area contributed by atoms with Crippen molar-refractivity contribution in [2.45, 2.75) is 62.2 Å². The minimum atomic E-state index is -3.42. The number of hydrogen-bond donors (Lipinski definition) is 0. The van der Waals surface area contributed by atoms with Crippen LogP contribution in [-0.2, 0) is 14.6 Å². The van der Waals surface area contributed by atoms with E-state index in [1.165, 1.54) is 12.5 Å². The monoisotopic (exact) mass is 406 g/mol. The summed E-state index contributed by atoms with van der Waals surface area (Å²) in [7, 11) is -3.42. The molecule has 1 aliphatic carbocycles. The molecule has 8 heteroatoms. The Morgan fingerprint density at radius 3 is 2.43 bits per heavy atom. The molecule has 0 N–H and O–H groups in total. The number of hydrogen-bond acceptors (Lipinski definition) is 6. The van der Waals surface area contributed by atoms with Crippen LogP contribution in [0.25, 0.3) is 0 Å². The molecule has 1 amide bonds. The number of piperidine rings is 1. The van der Waals surface area contributed by atoms with Crippen LogP contribution in [0.3, 0.4) is 0 Å².